The van der Waals surface area contributed by atoms with E-state index in [1.807, 2.05) is 12.5 Å². The predicted molar refractivity (Wildman–Crippen MR) is 64.5 cm³/mol. The van der Waals surface area contributed by atoms with Crippen molar-refractivity contribution in [3.8, 4) is 0 Å². The van der Waals surface area contributed by atoms with Gasteiger partial charge in [0.1, 0.15) is 0 Å². The zero-order valence-electron chi connectivity index (χ0n) is 10.4. The van der Waals surface area contributed by atoms with Crippen molar-refractivity contribution in [3.05, 3.63) is 18.2 Å². The molecule has 1 aliphatic carbocycles. The Morgan fingerprint density at radius 3 is 3.00 bits per heavy atom. The molecule has 0 aliphatic heterocycles. The molecule has 3 heteroatoms. The normalized spacial score (nSPS) is 15.9. The molecule has 1 aromatic rings. The van der Waals surface area contributed by atoms with Crippen molar-refractivity contribution in [2.45, 2.75) is 45.6 Å². The molecule has 0 spiro atoms. The quantitative estimate of drug-likeness (QED) is 0.663. The minimum atomic E-state index is 0.635. The molecule has 90 valence electrons. The molecule has 1 aromatic heterocycles. The fraction of sp³-hybridized carbons (Fsp3) is 0.769. The van der Waals surface area contributed by atoms with Crippen LogP contribution in [0.3, 0.4) is 0 Å². The van der Waals surface area contributed by atoms with Crippen LogP contribution in [-0.2, 0) is 11.3 Å². The molecule has 0 amide bonds. The van der Waals surface area contributed by atoms with Crippen LogP contribution in [0.2, 0.25) is 0 Å². The highest BCUT2D eigenvalue weighted by atomic mass is 16.5. The van der Waals surface area contributed by atoms with Crippen molar-refractivity contribution >= 4 is 0 Å². The summed E-state index contributed by atoms with van der Waals surface area (Å²) in [6.07, 6.45) is 7.75. The van der Waals surface area contributed by atoms with E-state index in [-0.39, 0.29) is 0 Å². The third kappa shape index (κ3) is 3.34. The number of imidazole rings is 1. The van der Waals surface area contributed by atoms with Gasteiger partial charge in [-0.1, -0.05) is 13.8 Å². The van der Waals surface area contributed by atoms with Gasteiger partial charge in [-0.25, -0.2) is 4.98 Å². The second-order valence-electron chi connectivity index (χ2n) is 5.11. The fourth-order valence-electron chi connectivity index (χ4n) is 1.89. The summed E-state index contributed by atoms with van der Waals surface area (Å²) in [5, 5.41) is 0. The second kappa shape index (κ2) is 5.48. The van der Waals surface area contributed by atoms with Gasteiger partial charge in [0.05, 0.1) is 6.33 Å². The lowest BCUT2D eigenvalue weighted by molar-refractivity contribution is 0.105. The highest BCUT2D eigenvalue weighted by molar-refractivity contribution is 5.12. The van der Waals surface area contributed by atoms with Gasteiger partial charge in [-0.2, -0.15) is 0 Å². The van der Waals surface area contributed by atoms with Crippen LogP contribution in [0.15, 0.2) is 12.5 Å². The summed E-state index contributed by atoms with van der Waals surface area (Å²) >= 11 is 0. The monoisotopic (exact) mass is 222 g/mol. The van der Waals surface area contributed by atoms with Gasteiger partial charge < -0.3 is 9.30 Å². The van der Waals surface area contributed by atoms with E-state index in [1.54, 1.807) is 0 Å². The molecule has 0 bridgehead atoms. The van der Waals surface area contributed by atoms with E-state index in [9.17, 15) is 0 Å². The van der Waals surface area contributed by atoms with Crippen LogP contribution in [0.1, 0.15) is 44.7 Å². The number of rotatable bonds is 7. The Hall–Kier alpha value is -0.830. The van der Waals surface area contributed by atoms with Gasteiger partial charge in [-0.15, -0.1) is 0 Å². The van der Waals surface area contributed by atoms with Crippen molar-refractivity contribution in [1.29, 1.82) is 0 Å². The molecule has 2 rings (SSSR count). The minimum Gasteiger partial charge on any atom is -0.381 e. The third-order valence-electron chi connectivity index (χ3n) is 2.88. The van der Waals surface area contributed by atoms with E-state index in [1.165, 1.54) is 18.5 Å². The van der Waals surface area contributed by atoms with Crippen LogP contribution in [-0.4, -0.2) is 22.8 Å². The zero-order valence-corrected chi connectivity index (χ0v) is 10.4. The number of aromatic nitrogens is 2. The van der Waals surface area contributed by atoms with Gasteiger partial charge in [0, 0.05) is 37.6 Å². The molecule has 0 N–H and O–H groups in total. The molecule has 0 atom stereocenters. The lowest BCUT2D eigenvalue weighted by Gasteiger charge is -2.09. The minimum absolute atomic E-state index is 0.635. The Kier molecular flexibility index (Phi) is 3.99. The van der Waals surface area contributed by atoms with Crippen LogP contribution >= 0.6 is 0 Å². The number of ether oxygens (including phenoxy) is 1. The highest BCUT2D eigenvalue weighted by Crippen LogP contribution is 2.39. The Bertz CT molecular complexity index is 315. The largest absolute Gasteiger partial charge is 0.381 e. The first kappa shape index (κ1) is 11.6. The van der Waals surface area contributed by atoms with Crippen molar-refractivity contribution in [2.75, 3.05) is 13.2 Å². The summed E-state index contributed by atoms with van der Waals surface area (Å²) in [4.78, 5) is 4.23. The van der Waals surface area contributed by atoms with E-state index in [0.717, 1.165) is 32.1 Å². The number of hydrogen-bond acceptors (Lipinski definition) is 2. The molecule has 0 unspecified atom stereocenters. The Balaban J connectivity index is 1.67. The van der Waals surface area contributed by atoms with E-state index >= 15 is 0 Å². The summed E-state index contributed by atoms with van der Waals surface area (Å²) in [5.74, 6) is 1.43. The Labute approximate surface area is 97.8 Å². The smallest absolute Gasteiger partial charge is 0.0948 e. The van der Waals surface area contributed by atoms with Gasteiger partial charge in [0.2, 0.25) is 0 Å². The molecule has 3 nitrogen and oxygen atoms in total. The summed E-state index contributed by atoms with van der Waals surface area (Å²) in [6.45, 7) is 7.14. The SMILES string of the molecule is CC(C)COCCCn1cncc1C1CC1. The summed E-state index contributed by atoms with van der Waals surface area (Å²) in [7, 11) is 0. The van der Waals surface area contributed by atoms with Crippen LogP contribution in [0.5, 0.6) is 0 Å². The molecule has 1 fully saturated rings. The number of aryl methyl sites for hydroxylation is 1. The second-order valence-corrected chi connectivity index (χ2v) is 5.11. The van der Waals surface area contributed by atoms with Crippen LogP contribution in [0.25, 0.3) is 0 Å². The maximum atomic E-state index is 5.58. The maximum Gasteiger partial charge on any atom is 0.0948 e. The summed E-state index contributed by atoms with van der Waals surface area (Å²) < 4.78 is 7.86. The average molecular weight is 222 g/mol. The fourth-order valence-corrected chi connectivity index (χ4v) is 1.89. The number of nitrogens with zero attached hydrogens (tertiary/aromatic N) is 2. The molecule has 0 saturated heterocycles. The zero-order chi connectivity index (χ0) is 11.4. The Morgan fingerprint density at radius 2 is 2.31 bits per heavy atom. The van der Waals surface area contributed by atoms with Gasteiger partial charge >= 0.3 is 0 Å². The standard InChI is InChI=1S/C13H22N2O/c1-11(2)9-16-7-3-6-15-10-14-8-13(15)12-4-5-12/h8,10-12H,3-7,9H2,1-2H3. The first-order chi connectivity index (χ1) is 7.77. The molecule has 0 aromatic carbocycles. The maximum absolute atomic E-state index is 5.58. The molecule has 1 heterocycles. The lowest BCUT2D eigenvalue weighted by atomic mass is 10.2. The predicted octanol–water partition coefficient (Wildman–Crippen LogP) is 2.82. The average Bonchev–Trinajstić information content (AvgIpc) is 2.98. The van der Waals surface area contributed by atoms with Crippen LogP contribution in [0.4, 0.5) is 0 Å². The van der Waals surface area contributed by atoms with E-state index < -0.39 is 0 Å². The molecule has 1 aliphatic rings. The van der Waals surface area contributed by atoms with Gasteiger partial charge in [0.15, 0.2) is 0 Å². The molecular weight excluding hydrogens is 200 g/mol. The molecular formula is C13H22N2O. The Morgan fingerprint density at radius 1 is 1.50 bits per heavy atom. The van der Waals surface area contributed by atoms with E-state index in [2.05, 4.69) is 23.4 Å². The molecule has 1 saturated carbocycles. The van der Waals surface area contributed by atoms with Gasteiger partial charge in [-0.3, -0.25) is 0 Å². The molecule has 16 heavy (non-hydrogen) atoms. The van der Waals surface area contributed by atoms with Gasteiger partial charge in [-0.05, 0) is 25.2 Å². The first-order valence-electron chi connectivity index (χ1n) is 6.35. The summed E-state index contributed by atoms with van der Waals surface area (Å²) in [5.41, 5.74) is 1.42. The summed E-state index contributed by atoms with van der Waals surface area (Å²) in [6, 6.07) is 0. The van der Waals surface area contributed by atoms with Crippen LogP contribution < -0.4 is 0 Å². The highest BCUT2D eigenvalue weighted by Gasteiger charge is 2.26. The number of hydrogen-bond donors (Lipinski definition) is 0. The first-order valence-corrected chi connectivity index (χ1v) is 6.35. The van der Waals surface area contributed by atoms with Crippen molar-refractivity contribution < 1.29 is 4.74 Å². The lowest BCUT2D eigenvalue weighted by Crippen LogP contribution is -2.07. The topological polar surface area (TPSA) is 27.1 Å². The van der Waals surface area contributed by atoms with Crippen LogP contribution in [0, 0.1) is 5.92 Å². The van der Waals surface area contributed by atoms with Crippen molar-refractivity contribution in [2.24, 2.45) is 5.92 Å². The van der Waals surface area contributed by atoms with Crippen molar-refractivity contribution in [3.63, 3.8) is 0 Å². The van der Waals surface area contributed by atoms with Gasteiger partial charge in [0.25, 0.3) is 0 Å². The van der Waals surface area contributed by atoms with Crippen molar-refractivity contribution in [1.82, 2.24) is 9.55 Å². The van der Waals surface area contributed by atoms with E-state index in [0.29, 0.717) is 5.92 Å². The molecule has 0 radical (unpaired) electrons. The van der Waals surface area contributed by atoms with E-state index in [4.69, 9.17) is 4.74 Å². The third-order valence-corrected chi connectivity index (χ3v) is 2.88.